The van der Waals surface area contributed by atoms with Crippen LogP contribution in [0.2, 0.25) is 0 Å². The average molecular weight is 354 g/mol. The molecule has 0 radical (unpaired) electrons. The minimum Gasteiger partial charge on any atom is -0.326 e. The minimum absolute atomic E-state index is 0.0733. The first kappa shape index (κ1) is 17.7. The van der Waals surface area contributed by atoms with Gasteiger partial charge < -0.3 is 5.73 Å². The molecule has 2 aliphatic carbocycles. The van der Waals surface area contributed by atoms with Crippen molar-refractivity contribution in [2.45, 2.75) is 82.7 Å². The molecule has 5 nitrogen and oxygen atoms in total. The fourth-order valence-electron chi connectivity index (χ4n) is 4.92. The summed E-state index contributed by atoms with van der Waals surface area (Å²) in [5, 5.41) is 13.0. The molecule has 2 fully saturated rings. The Morgan fingerprint density at radius 1 is 0.962 bits per heavy atom. The van der Waals surface area contributed by atoms with Gasteiger partial charge in [0.05, 0.1) is 12.0 Å². The van der Waals surface area contributed by atoms with Crippen molar-refractivity contribution in [3.63, 3.8) is 0 Å². The van der Waals surface area contributed by atoms with Crippen LogP contribution in [0, 0.1) is 12.8 Å². The summed E-state index contributed by atoms with van der Waals surface area (Å²) < 4.78 is 2.10. The number of hydrogen-bond donors (Lipinski definition) is 1. The molecule has 2 saturated carbocycles. The van der Waals surface area contributed by atoms with Gasteiger partial charge in [0.15, 0.2) is 5.82 Å². The van der Waals surface area contributed by atoms with Crippen LogP contribution in [0.25, 0.3) is 0 Å². The van der Waals surface area contributed by atoms with Gasteiger partial charge in [-0.05, 0) is 54.5 Å². The Kier molecular flexibility index (Phi) is 5.34. The second-order valence-corrected chi connectivity index (χ2v) is 8.28. The number of hydrogen-bond acceptors (Lipinski definition) is 4. The topological polar surface area (TPSA) is 69.6 Å². The van der Waals surface area contributed by atoms with Gasteiger partial charge >= 0.3 is 0 Å². The standard InChI is InChI=1S/C21H31N5/c1-15-11-13-16(14-12-15)19(20(22)17-7-3-2-4-8-17)21-23-24-25-26(21)18-9-5-6-10-18/h11-14,17-20H,2-10,22H2,1H3. The van der Waals surface area contributed by atoms with Gasteiger partial charge in [0.1, 0.15) is 0 Å². The van der Waals surface area contributed by atoms with E-state index in [4.69, 9.17) is 5.73 Å². The Hall–Kier alpha value is -1.75. The van der Waals surface area contributed by atoms with Gasteiger partial charge in [0, 0.05) is 6.04 Å². The number of nitrogens with zero attached hydrogens (tertiary/aromatic N) is 4. The van der Waals surface area contributed by atoms with Crippen LogP contribution in [-0.2, 0) is 0 Å². The Labute approximate surface area is 156 Å². The molecule has 1 aromatic carbocycles. The molecule has 5 heteroatoms. The zero-order valence-corrected chi connectivity index (χ0v) is 15.8. The zero-order valence-electron chi connectivity index (χ0n) is 15.8. The molecule has 0 aliphatic heterocycles. The molecule has 2 atom stereocenters. The van der Waals surface area contributed by atoms with Gasteiger partial charge in [0.25, 0.3) is 0 Å². The zero-order chi connectivity index (χ0) is 17.9. The molecule has 0 spiro atoms. The normalized spacial score (nSPS) is 21.8. The summed E-state index contributed by atoms with van der Waals surface area (Å²) in [6.45, 7) is 2.13. The Morgan fingerprint density at radius 3 is 2.31 bits per heavy atom. The molecule has 0 saturated heterocycles. The Morgan fingerprint density at radius 2 is 1.62 bits per heavy atom. The lowest BCUT2D eigenvalue weighted by Crippen LogP contribution is -2.39. The van der Waals surface area contributed by atoms with E-state index in [1.807, 2.05) is 0 Å². The highest BCUT2D eigenvalue weighted by molar-refractivity contribution is 5.30. The van der Waals surface area contributed by atoms with Crippen LogP contribution in [0.15, 0.2) is 24.3 Å². The largest absolute Gasteiger partial charge is 0.326 e. The Bertz CT molecular complexity index is 695. The second kappa shape index (κ2) is 7.87. The number of rotatable bonds is 5. The fourth-order valence-corrected chi connectivity index (χ4v) is 4.92. The van der Waals surface area contributed by atoms with E-state index < -0.39 is 0 Å². The second-order valence-electron chi connectivity index (χ2n) is 8.28. The van der Waals surface area contributed by atoms with Gasteiger partial charge in [-0.25, -0.2) is 4.68 Å². The smallest absolute Gasteiger partial charge is 0.160 e. The summed E-state index contributed by atoms with van der Waals surface area (Å²) in [6, 6.07) is 9.31. The monoisotopic (exact) mass is 353 g/mol. The van der Waals surface area contributed by atoms with Crippen LogP contribution in [0.4, 0.5) is 0 Å². The molecule has 4 rings (SSSR count). The Balaban J connectivity index is 1.70. The minimum atomic E-state index is 0.0733. The quantitative estimate of drug-likeness (QED) is 0.877. The van der Waals surface area contributed by atoms with Gasteiger partial charge in [-0.3, -0.25) is 0 Å². The van der Waals surface area contributed by atoms with Gasteiger partial charge in [-0.2, -0.15) is 0 Å². The SMILES string of the molecule is Cc1ccc(C(c2nnnn2C2CCCC2)C(N)C2CCCCC2)cc1. The third-order valence-corrected chi connectivity index (χ3v) is 6.48. The van der Waals surface area contributed by atoms with E-state index in [0.717, 1.165) is 5.82 Å². The van der Waals surface area contributed by atoms with Crippen LogP contribution in [0.1, 0.15) is 86.7 Å². The van der Waals surface area contributed by atoms with Crippen LogP contribution in [0.5, 0.6) is 0 Å². The van der Waals surface area contributed by atoms with E-state index in [2.05, 4.69) is 51.4 Å². The van der Waals surface area contributed by atoms with Crippen molar-refractivity contribution in [2.24, 2.45) is 11.7 Å². The highest BCUT2D eigenvalue weighted by Gasteiger charge is 2.35. The summed E-state index contributed by atoms with van der Waals surface area (Å²) >= 11 is 0. The average Bonchev–Trinajstić information content (AvgIpc) is 3.35. The number of nitrogens with two attached hydrogens (primary N) is 1. The number of tetrazole rings is 1. The van der Waals surface area contributed by atoms with E-state index in [9.17, 15) is 0 Å². The first-order valence-corrected chi connectivity index (χ1v) is 10.3. The van der Waals surface area contributed by atoms with Crippen LogP contribution < -0.4 is 5.73 Å². The van der Waals surface area contributed by atoms with Crippen molar-refractivity contribution < 1.29 is 0 Å². The summed E-state index contributed by atoms with van der Waals surface area (Å²) in [5.74, 6) is 1.61. The molecule has 2 aromatic rings. The molecular formula is C21H31N5. The number of aryl methyl sites for hydroxylation is 1. The van der Waals surface area contributed by atoms with Gasteiger partial charge in [-0.1, -0.05) is 61.9 Å². The maximum atomic E-state index is 6.91. The van der Waals surface area contributed by atoms with Crippen LogP contribution in [0.3, 0.4) is 0 Å². The highest BCUT2D eigenvalue weighted by atomic mass is 15.6. The van der Waals surface area contributed by atoms with E-state index in [1.54, 1.807) is 0 Å². The van der Waals surface area contributed by atoms with E-state index in [1.165, 1.54) is 68.9 Å². The first-order valence-electron chi connectivity index (χ1n) is 10.3. The van der Waals surface area contributed by atoms with Crippen molar-refractivity contribution >= 4 is 0 Å². The fraction of sp³-hybridized carbons (Fsp3) is 0.667. The predicted octanol–water partition coefficient (Wildman–Crippen LogP) is 4.14. The molecule has 1 aromatic heterocycles. The molecule has 1 heterocycles. The number of benzene rings is 1. The lowest BCUT2D eigenvalue weighted by molar-refractivity contribution is 0.280. The summed E-state index contributed by atoms with van der Waals surface area (Å²) in [6.07, 6.45) is 11.3. The first-order chi connectivity index (χ1) is 12.7. The molecule has 0 bridgehead atoms. The lowest BCUT2D eigenvalue weighted by Gasteiger charge is -2.33. The maximum Gasteiger partial charge on any atom is 0.160 e. The maximum absolute atomic E-state index is 6.91. The van der Waals surface area contributed by atoms with Gasteiger partial charge in [0.2, 0.25) is 0 Å². The molecule has 26 heavy (non-hydrogen) atoms. The van der Waals surface area contributed by atoms with Crippen LogP contribution in [-0.4, -0.2) is 26.2 Å². The van der Waals surface area contributed by atoms with E-state index in [0.29, 0.717) is 12.0 Å². The van der Waals surface area contributed by atoms with Crippen molar-refractivity contribution in [1.29, 1.82) is 0 Å². The lowest BCUT2D eigenvalue weighted by atomic mass is 9.76. The summed E-state index contributed by atoms with van der Waals surface area (Å²) in [7, 11) is 0. The van der Waals surface area contributed by atoms with Crippen LogP contribution >= 0.6 is 0 Å². The third-order valence-electron chi connectivity index (χ3n) is 6.48. The molecule has 0 amide bonds. The van der Waals surface area contributed by atoms with Crippen molar-refractivity contribution in [1.82, 2.24) is 20.2 Å². The predicted molar refractivity (Wildman–Crippen MR) is 103 cm³/mol. The molecule has 2 N–H and O–H groups in total. The summed E-state index contributed by atoms with van der Waals surface area (Å²) in [4.78, 5) is 0. The number of aromatic nitrogens is 4. The molecule has 140 valence electrons. The summed E-state index contributed by atoms with van der Waals surface area (Å²) in [5.41, 5.74) is 9.44. The highest BCUT2D eigenvalue weighted by Crippen LogP contribution is 2.38. The molecule has 2 aliphatic rings. The van der Waals surface area contributed by atoms with E-state index >= 15 is 0 Å². The van der Waals surface area contributed by atoms with Crippen molar-refractivity contribution in [3.8, 4) is 0 Å². The van der Waals surface area contributed by atoms with Gasteiger partial charge in [-0.15, -0.1) is 5.10 Å². The van der Waals surface area contributed by atoms with Crippen molar-refractivity contribution in [3.05, 3.63) is 41.2 Å². The third kappa shape index (κ3) is 3.54. The molecule has 2 unspecified atom stereocenters. The van der Waals surface area contributed by atoms with Crippen molar-refractivity contribution in [2.75, 3.05) is 0 Å². The molecular weight excluding hydrogens is 322 g/mol. The van der Waals surface area contributed by atoms with E-state index in [-0.39, 0.29) is 12.0 Å².